The number of methoxy groups -OCH3 is 1. The predicted molar refractivity (Wildman–Crippen MR) is 103 cm³/mol. The molecular formula is C22H28O3. The van der Waals surface area contributed by atoms with E-state index in [-0.39, 0.29) is 5.60 Å². The second-order valence-electron chi connectivity index (χ2n) is 7.26. The number of hydrogen-bond donors (Lipinski definition) is 0. The summed E-state index contributed by atoms with van der Waals surface area (Å²) in [6.45, 7) is 7.03. The Kier molecular flexibility index (Phi) is 5.22. The molecule has 1 unspecified atom stereocenters. The summed E-state index contributed by atoms with van der Waals surface area (Å²) in [6, 6.07) is 3.95. The van der Waals surface area contributed by atoms with Gasteiger partial charge in [-0.1, -0.05) is 23.8 Å². The molecule has 0 aromatic heterocycles. The Labute approximate surface area is 151 Å². The fourth-order valence-corrected chi connectivity index (χ4v) is 3.24. The van der Waals surface area contributed by atoms with Gasteiger partial charge in [0.2, 0.25) is 0 Å². The van der Waals surface area contributed by atoms with Gasteiger partial charge in [0.15, 0.2) is 11.5 Å². The molecule has 4 heterocycles. The maximum Gasteiger partial charge on any atom is 0.164 e. The number of fused-ring (bicyclic) bond motifs is 1. The van der Waals surface area contributed by atoms with E-state index in [2.05, 4.69) is 45.1 Å². The second-order valence-corrected chi connectivity index (χ2v) is 7.26. The van der Waals surface area contributed by atoms with E-state index in [0.717, 1.165) is 42.7 Å². The molecule has 5 rings (SSSR count). The van der Waals surface area contributed by atoms with Crippen LogP contribution in [0.5, 0.6) is 17.2 Å². The Morgan fingerprint density at radius 2 is 1.84 bits per heavy atom. The van der Waals surface area contributed by atoms with Crippen molar-refractivity contribution in [2.24, 2.45) is 0 Å². The van der Waals surface area contributed by atoms with Crippen LogP contribution in [0.3, 0.4) is 0 Å². The molecule has 4 aliphatic heterocycles. The highest BCUT2D eigenvalue weighted by Crippen LogP contribution is 2.41. The van der Waals surface area contributed by atoms with Gasteiger partial charge in [-0.05, 0) is 64.2 Å². The van der Waals surface area contributed by atoms with Crippen molar-refractivity contribution >= 4 is 6.08 Å². The monoisotopic (exact) mass is 340 g/mol. The standard InChI is InChI=1S/C22H28O3/c1-16-7-5-8-17(2)15-24-21-13-18-10-12-22(3,11-6-9-16)25-19(18)14-20(21)23-4/h8-10,12-14H,5-7,11,15H2,1-4H3. The zero-order valence-electron chi connectivity index (χ0n) is 15.7. The molecule has 0 amide bonds. The van der Waals surface area contributed by atoms with Crippen molar-refractivity contribution in [1.82, 2.24) is 0 Å². The van der Waals surface area contributed by atoms with Crippen LogP contribution in [0, 0.1) is 0 Å². The first-order chi connectivity index (χ1) is 12.0. The molecule has 3 nitrogen and oxygen atoms in total. The summed E-state index contributed by atoms with van der Waals surface area (Å²) in [5.41, 5.74) is 3.42. The molecule has 4 bridgehead atoms. The van der Waals surface area contributed by atoms with E-state index in [0.29, 0.717) is 12.4 Å². The van der Waals surface area contributed by atoms with E-state index >= 15 is 0 Å². The zero-order chi connectivity index (χ0) is 17.9. The summed E-state index contributed by atoms with van der Waals surface area (Å²) < 4.78 is 17.8. The number of ether oxygens (including phenoxy) is 3. The van der Waals surface area contributed by atoms with Gasteiger partial charge in [0.1, 0.15) is 18.0 Å². The van der Waals surface area contributed by atoms with Crippen molar-refractivity contribution in [3.05, 3.63) is 47.1 Å². The Morgan fingerprint density at radius 3 is 2.64 bits per heavy atom. The molecule has 1 aromatic rings. The lowest BCUT2D eigenvalue weighted by Gasteiger charge is -2.32. The van der Waals surface area contributed by atoms with Crippen LogP contribution in [0.1, 0.15) is 52.0 Å². The van der Waals surface area contributed by atoms with Crippen LogP contribution in [-0.4, -0.2) is 19.3 Å². The summed E-state index contributed by atoms with van der Waals surface area (Å²) in [6.07, 6.45) is 13.0. The maximum absolute atomic E-state index is 6.31. The minimum absolute atomic E-state index is 0.287. The molecule has 0 spiro atoms. The van der Waals surface area contributed by atoms with E-state index in [1.807, 2.05) is 12.1 Å². The van der Waals surface area contributed by atoms with Gasteiger partial charge >= 0.3 is 0 Å². The van der Waals surface area contributed by atoms with Gasteiger partial charge in [-0.2, -0.15) is 0 Å². The van der Waals surface area contributed by atoms with Crippen molar-refractivity contribution in [2.45, 2.75) is 52.1 Å². The largest absolute Gasteiger partial charge is 0.493 e. The van der Waals surface area contributed by atoms with Gasteiger partial charge in [0.25, 0.3) is 0 Å². The number of allylic oxidation sites excluding steroid dienone is 3. The first kappa shape index (κ1) is 17.7. The summed E-state index contributed by atoms with van der Waals surface area (Å²) in [4.78, 5) is 0. The molecule has 1 atom stereocenters. The lowest BCUT2D eigenvalue weighted by atomic mass is 9.94. The summed E-state index contributed by atoms with van der Waals surface area (Å²) in [7, 11) is 1.67. The quantitative estimate of drug-likeness (QED) is 0.613. The molecule has 3 heteroatoms. The molecular weight excluding hydrogens is 312 g/mol. The van der Waals surface area contributed by atoms with Gasteiger partial charge < -0.3 is 14.2 Å². The average molecular weight is 340 g/mol. The van der Waals surface area contributed by atoms with E-state index in [1.54, 1.807) is 7.11 Å². The molecule has 0 fully saturated rings. The third-order valence-electron chi connectivity index (χ3n) is 4.87. The first-order valence-electron chi connectivity index (χ1n) is 9.03. The van der Waals surface area contributed by atoms with Crippen LogP contribution in [0.25, 0.3) is 6.08 Å². The van der Waals surface area contributed by atoms with Gasteiger partial charge in [-0.15, -0.1) is 0 Å². The van der Waals surface area contributed by atoms with Crippen LogP contribution in [0.4, 0.5) is 0 Å². The second kappa shape index (κ2) is 7.38. The van der Waals surface area contributed by atoms with E-state index < -0.39 is 0 Å². The van der Waals surface area contributed by atoms with Crippen LogP contribution in [-0.2, 0) is 0 Å². The van der Waals surface area contributed by atoms with Crippen LogP contribution in [0.2, 0.25) is 0 Å². The lowest BCUT2D eigenvalue weighted by molar-refractivity contribution is 0.128. The van der Waals surface area contributed by atoms with Crippen molar-refractivity contribution in [1.29, 1.82) is 0 Å². The SMILES string of the molecule is COc1cc2c3cc1OCC(C)=CCCC(C)=CCCC(C)(C=C3)O2. The van der Waals surface area contributed by atoms with Gasteiger partial charge in [-0.3, -0.25) is 0 Å². The van der Waals surface area contributed by atoms with E-state index in [9.17, 15) is 0 Å². The third-order valence-corrected chi connectivity index (χ3v) is 4.87. The lowest BCUT2D eigenvalue weighted by Crippen LogP contribution is -2.31. The molecule has 0 saturated carbocycles. The predicted octanol–water partition coefficient (Wildman–Crippen LogP) is 5.70. The van der Waals surface area contributed by atoms with Crippen molar-refractivity contribution < 1.29 is 14.2 Å². The third kappa shape index (κ3) is 4.28. The van der Waals surface area contributed by atoms with E-state index in [1.165, 1.54) is 11.1 Å². The van der Waals surface area contributed by atoms with Gasteiger partial charge in [0, 0.05) is 11.6 Å². The number of rotatable bonds is 1. The average Bonchev–Trinajstić information content (AvgIpc) is 2.58. The summed E-state index contributed by atoms with van der Waals surface area (Å²) in [5.74, 6) is 2.33. The Balaban J connectivity index is 1.96. The highest BCUT2D eigenvalue weighted by molar-refractivity contribution is 5.66. The fourth-order valence-electron chi connectivity index (χ4n) is 3.24. The molecule has 25 heavy (non-hydrogen) atoms. The summed E-state index contributed by atoms with van der Waals surface area (Å²) in [5, 5.41) is 0. The topological polar surface area (TPSA) is 27.7 Å². The number of hydrogen-bond acceptors (Lipinski definition) is 3. The normalized spacial score (nSPS) is 23.5. The van der Waals surface area contributed by atoms with Crippen LogP contribution < -0.4 is 14.2 Å². The van der Waals surface area contributed by atoms with Crippen LogP contribution in [0.15, 0.2) is 41.5 Å². The molecule has 0 N–H and O–H groups in total. The highest BCUT2D eigenvalue weighted by Gasteiger charge is 2.28. The Bertz CT molecular complexity index is 727. The Morgan fingerprint density at radius 1 is 1.04 bits per heavy atom. The first-order valence-corrected chi connectivity index (χ1v) is 9.03. The highest BCUT2D eigenvalue weighted by atomic mass is 16.5. The minimum atomic E-state index is -0.287. The molecule has 0 aliphatic carbocycles. The summed E-state index contributed by atoms with van der Waals surface area (Å²) >= 11 is 0. The van der Waals surface area contributed by atoms with Crippen molar-refractivity contribution in [2.75, 3.05) is 13.7 Å². The molecule has 0 saturated heterocycles. The van der Waals surface area contributed by atoms with E-state index in [4.69, 9.17) is 14.2 Å². The molecule has 0 radical (unpaired) electrons. The molecule has 1 aromatic carbocycles. The minimum Gasteiger partial charge on any atom is -0.493 e. The van der Waals surface area contributed by atoms with Gasteiger partial charge in [-0.25, -0.2) is 0 Å². The maximum atomic E-state index is 6.31. The fraction of sp³-hybridized carbons (Fsp3) is 0.455. The van der Waals surface area contributed by atoms with Crippen LogP contribution >= 0.6 is 0 Å². The van der Waals surface area contributed by atoms with Gasteiger partial charge in [0.05, 0.1) is 7.11 Å². The van der Waals surface area contributed by atoms with Crippen molar-refractivity contribution in [3.63, 3.8) is 0 Å². The molecule has 134 valence electrons. The number of benzene rings is 1. The smallest absolute Gasteiger partial charge is 0.164 e. The Hall–Kier alpha value is -2.16. The molecule has 4 aliphatic rings. The van der Waals surface area contributed by atoms with Crippen molar-refractivity contribution in [3.8, 4) is 17.2 Å². The zero-order valence-corrected chi connectivity index (χ0v) is 15.7.